The number of hydrogen-bond acceptors (Lipinski definition) is 4. The Balaban J connectivity index is 3.54. The van der Waals surface area contributed by atoms with Crippen LogP contribution in [0.25, 0.3) is 0 Å². The second-order valence-corrected chi connectivity index (χ2v) is 6.14. The molecule has 0 aliphatic rings. The van der Waals surface area contributed by atoms with Crippen molar-refractivity contribution in [1.29, 1.82) is 0 Å². The second kappa shape index (κ2) is 9.23. The minimum absolute atomic E-state index is 0.326. The number of hydrogen-bond donors (Lipinski definition) is 0. The van der Waals surface area contributed by atoms with E-state index in [1.807, 2.05) is 0 Å². The molecule has 0 atom stereocenters. The van der Waals surface area contributed by atoms with Crippen molar-refractivity contribution in [3.8, 4) is 0 Å². The molecule has 6 heteroatoms. The van der Waals surface area contributed by atoms with E-state index < -0.39 is 8.80 Å². The minimum atomic E-state index is -2.44. The van der Waals surface area contributed by atoms with Crippen LogP contribution in [-0.4, -0.2) is 50.0 Å². The maximum atomic E-state index is 11.7. The monoisotopic (exact) mass is 240 g/mol. The first-order valence-corrected chi connectivity index (χ1v) is 6.97. The average molecular weight is 240 g/mol. The first-order valence-electron chi connectivity index (χ1n) is 5.04. The zero-order valence-electron chi connectivity index (χ0n) is 9.75. The molecule has 0 N–H and O–H groups in total. The summed E-state index contributed by atoms with van der Waals surface area (Å²) in [7, 11) is 2.32. The Morgan fingerprint density at radius 2 is 1.47 bits per heavy atom. The van der Waals surface area contributed by atoms with Gasteiger partial charge in [0, 0.05) is 40.6 Å². The highest BCUT2D eigenvalue weighted by atomic mass is 28.4. The maximum absolute atomic E-state index is 11.7. The van der Waals surface area contributed by atoms with Crippen molar-refractivity contribution in [1.82, 2.24) is 0 Å². The highest BCUT2D eigenvalue weighted by Crippen LogP contribution is 2.14. The van der Waals surface area contributed by atoms with Gasteiger partial charge in [-0.1, -0.05) is 0 Å². The van der Waals surface area contributed by atoms with Gasteiger partial charge in [0.25, 0.3) is 0 Å². The van der Waals surface area contributed by atoms with Crippen LogP contribution >= 0.6 is 0 Å². The molecule has 0 aromatic heterocycles. The third-order valence-corrected chi connectivity index (χ3v) is 4.96. The first-order chi connectivity index (χ1) is 7.24. The molecule has 0 fully saturated rings. The van der Waals surface area contributed by atoms with Crippen LogP contribution in [-0.2, 0) is 18.0 Å². The molecule has 0 radical (unpaired) electrons. The molecule has 0 aliphatic carbocycles. The summed E-state index contributed by atoms with van der Waals surface area (Å²) in [6.45, 7) is 0.732. The van der Waals surface area contributed by atoms with Crippen molar-refractivity contribution in [2.75, 3.05) is 41.2 Å². The third kappa shape index (κ3) is 6.21. The summed E-state index contributed by atoms with van der Waals surface area (Å²) in [6.07, 6.45) is 1.26. The van der Waals surface area contributed by atoms with Gasteiger partial charge < -0.3 is 18.0 Å². The Morgan fingerprint density at radius 1 is 0.933 bits per heavy atom. The highest BCUT2D eigenvalue weighted by Gasteiger charge is 2.36. The molecule has 4 nitrogen and oxygen atoms in total. The minimum Gasteiger partial charge on any atom is -0.381 e. The van der Waals surface area contributed by atoms with Crippen LogP contribution in [0.4, 0.5) is 4.39 Å². The van der Waals surface area contributed by atoms with Gasteiger partial charge in [-0.05, 0) is 12.8 Å². The van der Waals surface area contributed by atoms with Gasteiger partial charge in [-0.3, -0.25) is 4.39 Å². The summed E-state index contributed by atoms with van der Waals surface area (Å²) in [5, 5.41) is 0. The largest absolute Gasteiger partial charge is 0.500 e. The quantitative estimate of drug-likeness (QED) is 0.429. The summed E-state index contributed by atoms with van der Waals surface area (Å²) in [6, 6.07) is 0.714. The molecule has 0 aliphatic heterocycles. The van der Waals surface area contributed by atoms with Crippen LogP contribution in [0.1, 0.15) is 12.8 Å². The molecular weight excluding hydrogens is 219 g/mol. The summed E-state index contributed by atoms with van der Waals surface area (Å²) in [5.74, 6) is 0. The predicted octanol–water partition coefficient (Wildman–Crippen LogP) is 1.63. The van der Waals surface area contributed by atoms with Crippen LogP contribution in [0.3, 0.4) is 0 Å². The van der Waals surface area contributed by atoms with Crippen molar-refractivity contribution in [2.45, 2.75) is 18.9 Å². The van der Waals surface area contributed by atoms with Crippen molar-refractivity contribution in [3.63, 3.8) is 0 Å². The van der Waals surface area contributed by atoms with E-state index in [-0.39, 0.29) is 6.67 Å². The molecule has 0 rings (SSSR count). The van der Waals surface area contributed by atoms with Gasteiger partial charge in [0.05, 0.1) is 6.67 Å². The van der Waals surface area contributed by atoms with E-state index in [0.717, 1.165) is 6.42 Å². The highest BCUT2D eigenvalue weighted by molar-refractivity contribution is 6.60. The topological polar surface area (TPSA) is 36.9 Å². The van der Waals surface area contributed by atoms with Gasteiger partial charge in [0.2, 0.25) is 0 Å². The van der Waals surface area contributed by atoms with Gasteiger partial charge >= 0.3 is 8.80 Å². The molecule has 0 heterocycles. The molecule has 0 saturated carbocycles. The fraction of sp³-hybridized carbons (Fsp3) is 1.00. The lowest BCUT2D eigenvalue weighted by Crippen LogP contribution is -2.42. The maximum Gasteiger partial charge on any atom is 0.500 e. The summed E-state index contributed by atoms with van der Waals surface area (Å²) in [4.78, 5) is 0. The van der Waals surface area contributed by atoms with Crippen molar-refractivity contribution < 1.29 is 22.4 Å². The molecule has 0 amide bonds. The number of alkyl halides is 1. The van der Waals surface area contributed by atoms with Gasteiger partial charge in [-0.2, -0.15) is 0 Å². The standard InChI is InChI=1S/C9H21FO4Si/c1-11-15(12-2,13-3)9-5-8-14-7-4-6-10/h4-9H2,1-3H3. The summed E-state index contributed by atoms with van der Waals surface area (Å²) < 4.78 is 32.7. The van der Waals surface area contributed by atoms with E-state index in [1.54, 1.807) is 21.3 Å². The number of ether oxygens (including phenoxy) is 1. The Bertz CT molecular complexity index is 136. The zero-order chi connectivity index (χ0) is 11.6. The predicted molar refractivity (Wildman–Crippen MR) is 57.6 cm³/mol. The molecule has 0 aromatic carbocycles. The third-order valence-electron chi connectivity index (χ3n) is 2.13. The summed E-state index contributed by atoms with van der Waals surface area (Å²) >= 11 is 0. The Hall–Kier alpha value is -0.0131. The molecule has 0 bridgehead atoms. The van der Waals surface area contributed by atoms with Crippen molar-refractivity contribution >= 4 is 8.80 Å². The molecule has 0 unspecified atom stereocenters. The van der Waals surface area contributed by atoms with E-state index in [4.69, 9.17) is 18.0 Å². The molecular formula is C9H21FO4Si. The fourth-order valence-corrected chi connectivity index (χ4v) is 2.90. The summed E-state index contributed by atoms with van der Waals surface area (Å²) in [5.41, 5.74) is 0. The zero-order valence-corrected chi connectivity index (χ0v) is 10.8. The Labute approximate surface area is 92.0 Å². The van der Waals surface area contributed by atoms with Gasteiger partial charge in [0.1, 0.15) is 0 Å². The lowest BCUT2D eigenvalue weighted by Gasteiger charge is -2.24. The van der Waals surface area contributed by atoms with Crippen molar-refractivity contribution in [2.24, 2.45) is 0 Å². The van der Waals surface area contributed by atoms with Crippen LogP contribution in [0.2, 0.25) is 6.04 Å². The normalized spacial score (nSPS) is 12.0. The average Bonchev–Trinajstić information content (AvgIpc) is 2.29. The lowest BCUT2D eigenvalue weighted by molar-refractivity contribution is 0.104. The first kappa shape index (κ1) is 15.0. The molecule has 0 saturated heterocycles. The Morgan fingerprint density at radius 3 is 1.93 bits per heavy atom. The number of halogens is 1. The van der Waals surface area contributed by atoms with Gasteiger partial charge in [0.15, 0.2) is 0 Å². The van der Waals surface area contributed by atoms with E-state index in [1.165, 1.54) is 0 Å². The molecule has 15 heavy (non-hydrogen) atoms. The fourth-order valence-electron chi connectivity index (χ4n) is 1.21. The Kier molecular flexibility index (Phi) is 9.22. The molecule has 0 spiro atoms. The van der Waals surface area contributed by atoms with Crippen LogP contribution in [0, 0.1) is 0 Å². The SMILES string of the molecule is CO[Si](CCCOCCCF)(OC)OC. The lowest BCUT2D eigenvalue weighted by atomic mass is 10.5. The van der Waals surface area contributed by atoms with Crippen LogP contribution in [0.5, 0.6) is 0 Å². The van der Waals surface area contributed by atoms with E-state index in [0.29, 0.717) is 25.7 Å². The molecule has 92 valence electrons. The smallest absolute Gasteiger partial charge is 0.381 e. The number of rotatable bonds is 10. The van der Waals surface area contributed by atoms with E-state index >= 15 is 0 Å². The van der Waals surface area contributed by atoms with Gasteiger partial charge in [-0.25, -0.2) is 0 Å². The van der Waals surface area contributed by atoms with Crippen molar-refractivity contribution in [3.05, 3.63) is 0 Å². The van der Waals surface area contributed by atoms with Gasteiger partial charge in [-0.15, -0.1) is 0 Å². The molecule has 0 aromatic rings. The van der Waals surface area contributed by atoms with E-state index in [2.05, 4.69) is 0 Å². The van der Waals surface area contributed by atoms with Crippen LogP contribution in [0.15, 0.2) is 0 Å². The second-order valence-electron chi connectivity index (χ2n) is 3.05. The van der Waals surface area contributed by atoms with E-state index in [9.17, 15) is 4.39 Å². The van der Waals surface area contributed by atoms with Crippen LogP contribution < -0.4 is 0 Å².